The van der Waals surface area contributed by atoms with Crippen molar-refractivity contribution >= 4 is 16.9 Å². The van der Waals surface area contributed by atoms with Crippen molar-refractivity contribution < 1.29 is 14.3 Å². The number of nitrogens with one attached hydrogen (secondary N) is 1. The van der Waals surface area contributed by atoms with E-state index in [0.29, 0.717) is 5.92 Å². The lowest BCUT2D eigenvalue weighted by atomic mass is 9.91. The molecule has 2 aromatic rings. The van der Waals surface area contributed by atoms with Crippen molar-refractivity contribution in [3.63, 3.8) is 0 Å². The fraction of sp³-hybridized carbons (Fsp3) is 0.550. The number of likely N-dealkylation sites (tertiary alicyclic amines) is 1. The standard InChI is InChI=1S/C20H28N2O3/c1-13(19-12-17-6-4-5-7-18(17)25-19)21-20(24)14(2)22-10-8-16(9-11-22)15(3)23/h4-7,12-16,23H,8-11H2,1-3H3,(H,21,24). The zero-order valence-electron chi connectivity index (χ0n) is 15.2. The second-order valence-electron chi connectivity index (χ2n) is 7.21. The second-order valence-corrected chi connectivity index (χ2v) is 7.21. The van der Waals surface area contributed by atoms with Gasteiger partial charge in [0.2, 0.25) is 5.91 Å². The van der Waals surface area contributed by atoms with Crippen LogP contribution < -0.4 is 5.32 Å². The molecule has 1 aliphatic rings. The molecule has 0 aliphatic carbocycles. The number of piperidine rings is 1. The molecule has 3 rings (SSSR count). The number of hydrogen-bond acceptors (Lipinski definition) is 4. The van der Waals surface area contributed by atoms with E-state index < -0.39 is 0 Å². The van der Waals surface area contributed by atoms with Crippen molar-refractivity contribution in [1.29, 1.82) is 0 Å². The van der Waals surface area contributed by atoms with E-state index in [0.717, 1.165) is 42.7 Å². The lowest BCUT2D eigenvalue weighted by molar-refractivity contribution is -0.127. The number of amides is 1. The molecule has 1 aromatic carbocycles. The van der Waals surface area contributed by atoms with E-state index in [2.05, 4.69) is 10.2 Å². The van der Waals surface area contributed by atoms with Gasteiger partial charge in [-0.15, -0.1) is 0 Å². The van der Waals surface area contributed by atoms with E-state index in [9.17, 15) is 9.90 Å². The molecule has 3 unspecified atom stereocenters. The van der Waals surface area contributed by atoms with Crippen LogP contribution in [0, 0.1) is 5.92 Å². The third-order valence-corrected chi connectivity index (χ3v) is 5.41. The summed E-state index contributed by atoms with van der Waals surface area (Å²) in [7, 11) is 0. The molecule has 1 saturated heterocycles. The summed E-state index contributed by atoms with van der Waals surface area (Å²) in [5, 5.41) is 13.8. The molecular formula is C20H28N2O3. The SMILES string of the molecule is CC(NC(=O)C(C)N1CCC(C(C)O)CC1)c1cc2ccccc2o1. The van der Waals surface area contributed by atoms with Crippen molar-refractivity contribution in [3.8, 4) is 0 Å². The maximum absolute atomic E-state index is 12.6. The van der Waals surface area contributed by atoms with Crippen molar-refractivity contribution in [2.45, 2.75) is 51.8 Å². The number of furan rings is 1. The van der Waals surface area contributed by atoms with Crippen LogP contribution in [0.15, 0.2) is 34.7 Å². The van der Waals surface area contributed by atoms with Crippen molar-refractivity contribution in [2.75, 3.05) is 13.1 Å². The van der Waals surface area contributed by atoms with E-state index in [-0.39, 0.29) is 24.1 Å². The molecule has 5 heteroatoms. The highest BCUT2D eigenvalue weighted by atomic mass is 16.3. The summed E-state index contributed by atoms with van der Waals surface area (Å²) >= 11 is 0. The van der Waals surface area contributed by atoms with Gasteiger partial charge in [-0.3, -0.25) is 9.69 Å². The van der Waals surface area contributed by atoms with E-state index in [1.807, 2.05) is 51.1 Å². The predicted molar refractivity (Wildman–Crippen MR) is 98.2 cm³/mol. The minimum absolute atomic E-state index is 0.0171. The molecule has 0 spiro atoms. The maximum atomic E-state index is 12.6. The lowest BCUT2D eigenvalue weighted by Crippen LogP contribution is -2.49. The van der Waals surface area contributed by atoms with Crippen LogP contribution in [0.25, 0.3) is 11.0 Å². The molecule has 1 aliphatic heterocycles. The number of para-hydroxylation sites is 1. The summed E-state index contributed by atoms with van der Waals surface area (Å²) < 4.78 is 5.84. The fourth-order valence-corrected chi connectivity index (χ4v) is 3.58. The number of nitrogens with zero attached hydrogens (tertiary/aromatic N) is 1. The monoisotopic (exact) mass is 344 g/mol. The Hall–Kier alpha value is -1.85. The minimum Gasteiger partial charge on any atom is -0.459 e. The van der Waals surface area contributed by atoms with Crippen molar-refractivity contribution in [3.05, 3.63) is 36.1 Å². The van der Waals surface area contributed by atoms with Gasteiger partial charge in [0.1, 0.15) is 11.3 Å². The van der Waals surface area contributed by atoms with Gasteiger partial charge in [-0.1, -0.05) is 18.2 Å². The smallest absolute Gasteiger partial charge is 0.237 e. The van der Waals surface area contributed by atoms with Gasteiger partial charge < -0.3 is 14.8 Å². The minimum atomic E-state index is -0.264. The Labute approximate surface area is 149 Å². The second kappa shape index (κ2) is 7.58. The molecule has 1 fully saturated rings. The van der Waals surface area contributed by atoms with Gasteiger partial charge in [0.15, 0.2) is 0 Å². The van der Waals surface area contributed by atoms with E-state index in [1.54, 1.807) is 0 Å². The van der Waals surface area contributed by atoms with Gasteiger partial charge >= 0.3 is 0 Å². The Bertz CT molecular complexity index is 684. The van der Waals surface area contributed by atoms with Gasteiger partial charge in [0, 0.05) is 5.39 Å². The molecule has 0 bridgehead atoms. The first-order valence-corrected chi connectivity index (χ1v) is 9.16. The van der Waals surface area contributed by atoms with Crippen LogP contribution in [-0.4, -0.2) is 41.1 Å². The van der Waals surface area contributed by atoms with E-state index >= 15 is 0 Å². The van der Waals surface area contributed by atoms with Crippen LogP contribution in [0.2, 0.25) is 0 Å². The van der Waals surface area contributed by atoms with Crippen LogP contribution in [0.4, 0.5) is 0 Å². The molecule has 1 amide bonds. The Balaban J connectivity index is 1.57. The van der Waals surface area contributed by atoms with E-state index in [1.165, 1.54) is 0 Å². The topological polar surface area (TPSA) is 65.7 Å². The first-order chi connectivity index (χ1) is 12.0. The highest BCUT2D eigenvalue weighted by Crippen LogP contribution is 2.25. The molecule has 5 nitrogen and oxygen atoms in total. The quantitative estimate of drug-likeness (QED) is 0.875. The van der Waals surface area contributed by atoms with Crippen LogP contribution in [0.3, 0.4) is 0 Å². The number of hydrogen-bond donors (Lipinski definition) is 2. The molecule has 25 heavy (non-hydrogen) atoms. The Morgan fingerprint density at radius 2 is 1.92 bits per heavy atom. The normalized spacial score (nSPS) is 20.3. The van der Waals surface area contributed by atoms with Crippen LogP contribution >= 0.6 is 0 Å². The number of carbonyl (C=O) groups excluding carboxylic acids is 1. The third kappa shape index (κ3) is 4.05. The first-order valence-electron chi connectivity index (χ1n) is 9.16. The molecule has 2 N–H and O–H groups in total. The summed E-state index contributed by atoms with van der Waals surface area (Å²) in [6, 6.07) is 9.49. The summed E-state index contributed by atoms with van der Waals surface area (Å²) in [4.78, 5) is 14.8. The van der Waals surface area contributed by atoms with Gasteiger partial charge in [0.25, 0.3) is 0 Å². The van der Waals surface area contributed by atoms with Crippen LogP contribution in [-0.2, 0) is 4.79 Å². The summed E-state index contributed by atoms with van der Waals surface area (Å²) in [5.41, 5.74) is 0.840. The van der Waals surface area contributed by atoms with E-state index in [4.69, 9.17) is 4.42 Å². The summed E-state index contributed by atoms with van der Waals surface area (Å²) in [6.45, 7) is 7.45. The lowest BCUT2D eigenvalue weighted by Gasteiger charge is -2.36. The summed E-state index contributed by atoms with van der Waals surface area (Å²) in [6.07, 6.45) is 1.61. The Kier molecular flexibility index (Phi) is 5.45. The van der Waals surface area contributed by atoms with Crippen LogP contribution in [0.5, 0.6) is 0 Å². The van der Waals surface area contributed by atoms with Crippen molar-refractivity contribution in [1.82, 2.24) is 10.2 Å². The fourth-order valence-electron chi connectivity index (χ4n) is 3.58. The first kappa shape index (κ1) is 18.0. The number of aliphatic hydroxyl groups is 1. The highest BCUT2D eigenvalue weighted by Gasteiger charge is 2.29. The highest BCUT2D eigenvalue weighted by molar-refractivity contribution is 5.82. The maximum Gasteiger partial charge on any atom is 0.237 e. The Morgan fingerprint density at radius 1 is 1.24 bits per heavy atom. The molecule has 0 radical (unpaired) electrons. The molecule has 0 saturated carbocycles. The number of carbonyl (C=O) groups is 1. The largest absolute Gasteiger partial charge is 0.459 e. The molecule has 2 heterocycles. The van der Waals surface area contributed by atoms with Crippen LogP contribution in [0.1, 0.15) is 45.4 Å². The van der Waals surface area contributed by atoms with Crippen molar-refractivity contribution in [2.24, 2.45) is 5.92 Å². The van der Waals surface area contributed by atoms with Gasteiger partial charge in [0.05, 0.1) is 18.2 Å². The summed E-state index contributed by atoms with van der Waals surface area (Å²) in [5.74, 6) is 1.14. The predicted octanol–water partition coefficient (Wildman–Crippen LogP) is 3.09. The third-order valence-electron chi connectivity index (χ3n) is 5.41. The average Bonchev–Trinajstić information content (AvgIpc) is 3.05. The average molecular weight is 344 g/mol. The molecular weight excluding hydrogens is 316 g/mol. The van der Waals surface area contributed by atoms with Gasteiger partial charge in [-0.2, -0.15) is 0 Å². The number of benzene rings is 1. The molecule has 136 valence electrons. The zero-order chi connectivity index (χ0) is 18.0. The van der Waals surface area contributed by atoms with Gasteiger partial charge in [-0.05, 0) is 64.8 Å². The number of aliphatic hydroxyl groups excluding tert-OH is 1. The number of rotatable bonds is 5. The Morgan fingerprint density at radius 3 is 2.56 bits per heavy atom. The zero-order valence-corrected chi connectivity index (χ0v) is 15.2. The number of fused-ring (bicyclic) bond motifs is 1. The van der Waals surface area contributed by atoms with Gasteiger partial charge in [-0.25, -0.2) is 0 Å². The molecule has 1 aromatic heterocycles. The molecule has 3 atom stereocenters.